The van der Waals surface area contributed by atoms with Crippen molar-refractivity contribution in [3.05, 3.63) is 0 Å². The van der Waals surface area contributed by atoms with Crippen molar-refractivity contribution in [2.75, 3.05) is 6.54 Å². The maximum atomic E-state index is 12.6. The van der Waals surface area contributed by atoms with Crippen LogP contribution in [0.5, 0.6) is 0 Å². The molecule has 1 saturated carbocycles. The monoisotopic (exact) mass is 270 g/mol. The van der Waals surface area contributed by atoms with Crippen molar-refractivity contribution < 1.29 is 4.79 Å². The first-order valence-electron chi connectivity index (χ1n) is 6.92. The summed E-state index contributed by atoms with van der Waals surface area (Å²) in [6.07, 6.45) is 6.33. The quantitative estimate of drug-likeness (QED) is 0.799. The van der Waals surface area contributed by atoms with Crippen LogP contribution in [0.1, 0.15) is 59.3 Å². The zero-order valence-corrected chi connectivity index (χ0v) is 12.7. The van der Waals surface area contributed by atoms with Crippen LogP contribution in [-0.2, 0) is 4.79 Å². The number of nitrogens with zero attached hydrogens (tertiary/aromatic N) is 1. The standard InChI is InChI=1S/C14H26N2OS/c1-14(2,3)16(10-9-12(15)18)13(17)11-7-5-4-6-8-11/h11H,4-10H2,1-3H3,(H2,15,18). The highest BCUT2D eigenvalue weighted by atomic mass is 32.1. The van der Waals surface area contributed by atoms with E-state index < -0.39 is 0 Å². The average Bonchev–Trinajstić information content (AvgIpc) is 2.28. The molecular formula is C14H26N2OS. The molecular weight excluding hydrogens is 244 g/mol. The zero-order chi connectivity index (χ0) is 13.8. The van der Waals surface area contributed by atoms with E-state index in [1.54, 1.807) is 0 Å². The van der Waals surface area contributed by atoms with Gasteiger partial charge in [0.1, 0.15) is 0 Å². The predicted molar refractivity (Wildman–Crippen MR) is 79.4 cm³/mol. The molecule has 0 heterocycles. The number of carbonyl (C=O) groups excluding carboxylic acids is 1. The first-order chi connectivity index (χ1) is 8.32. The summed E-state index contributed by atoms with van der Waals surface area (Å²) < 4.78 is 0. The van der Waals surface area contributed by atoms with E-state index in [4.69, 9.17) is 18.0 Å². The van der Waals surface area contributed by atoms with E-state index in [1.807, 2.05) is 4.90 Å². The van der Waals surface area contributed by atoms with Crippen molar-refractivity contribution in [3.8, 4) is 0 Å². The van der Waals surface area contributed by atoms with E-state index in [-0.39, 0.29) is 11.5 Å². The second-order valence-electron chi connectivity index (χ2n) is 6.21. The minimum absolute atomic E-state index is 0.153. The lowest BCUT2D eigenvalue weighted by atomic mass is 9.87. The molecule has 1 fully saturated rings. The lowest BCUT2D eigenvalue weighted by Gasteiger charge is -2.39. The van der Waals surface area contributed by atoms with Gasteiger partial charge in [-0.05, 0) is 33.6 Å². The highest BCUT2D eigenvalue weighted by Gasteiger charge is 2.32. The van der Waals surface area contributed by atoms with Crippen molar-refractivity contribution in [2.24, 2.45) is 11.7 Å². The highest BCUT2D eigenvalue weighted by Crippen LogP contribution is 2.28. The summed E-state index contributed by atoms with van der Waals surface area (Å²) in [5.74, 6) is 0.503. The topological polar surface area (TPSA) is 46.3 Å². The predicted octanol–water partition coefficient (Wildman–Crippen LogP) is 2.87. The maximum absolute atomic E-state index is 12.6. The molecule has 1 amide bonds. The minimum atomic E-state index is -0.153. The SMILES string of the molecule is CC(C)(C)N(CCC(N)=S)C(=O)C1CCCCC1. The van der Waals surface area contributed by atoms with Gasteiger partial charge in [0.05, 0.1) is 4.99 Å². The number of thiocarbonyl (C=S) groups is 1. The molecule has 0 radical (unpaired) electrons. The van der Waals surface area contributed by atoms with Crippen molar-refractivity contribution in [1.82, 2.24) is 4.90 Å². The normalized spacial score (nSPS) is 17.5. The Hall–Kier alpha value is -0.640. The van der Waals surface area contributed by atoms with E-state index >= 15 is 0 Å². The Morgan fingerprint density at radius 1 is 1.28 bits per heavy atom. The van der Waals surface area contributed by atoms with Crippen LogP contribution < -0.4 is 5.73 Å². The van der Waals surface area contributed by atoms with Crippen LogP contribution in [0.25, 0.3) is 0 Å². The van der Waals surface area contributed by atoms with Crippen molar-refractivity contribution in [3.63, 3.8) is 0 Å². The molecule has 0 saturated heterocycles. The Balaban J connectivity index is 2.68. The van der Waals surface area contributed by atoms with E-state index in [9.17, 15) is 4.79 Å². The van der Waals surface area contributed by atoms with E-state index in [1.165, 1.54) is 19.3 Å². The summed E-state index contributed by atoms with van der Waals surface area (Å²) in [5, 5.41) is 0. The largest absolute Gasteiger partial charge is 0.393 e. The van der Waals surface area contributed by atoms with Gasteiger partial charge < -0.3 is 10.6 Å². The summed E-state index contributed by atoms with van der Waals surface area (Å²) in [6, 6.07) is 0. The smallest absolute Gasteiger partial charge is 0.226 e. The van der Waals surface area contributed by atoms with Crippen molar-refractivity contribution in [2.45, 2.75) is 64.8 Å². The van der Waals surface area contributed by atoms with Crippen molar-refractivity contribution >= 4 is 23.1 Å². The van der Waals surface area contributed by atoms with Gasteiger partial charge in [0.2, 0.25) is 5.91 Å². The fourth-order valence-electron chi connectivity index (χ4n) is 2.57. The van der Waals surface area contributed by atoms with Gasteiger partial charge in [-0.2, -0.15) is 0 Å². The number of nitrogens with two attached hydrogens (primary N) is 1. The molecule has 4 heteroatoms. The summed E-state index contributed by atoms with van der Waals surface area (Å²) in [4.78, 5) is 15.0. The third kappa shape index (κ3) is 4.56. The Morgan fingerprint density at radius 2 is 1.83 bits per heavy atom. The van der Waals surface area contributed by atoms with Gasteiger partial charge in [0, 0.05) is 24.4 Å². The molecule has 0 bridgehead atoms. The lowest BCUT2D eigenvalue weighted by molar-refractivity contribution is -0.141. The second-order valence-corrected chi connectivity index (χ2v) is 6.74. The first-order valence-corrected chi connectivity index (χ1v) is 7.33. The Bertz CT molecular complexity index is 303. The number of carbonyl (C=O) groups is 1. The van der Waals surface area contributed by atoms with Gasteiger partial charge in [-0.15, -0.1) is 0 Å². The third-order valence-corrected chi connectivity index (χ3v) is 3.82. The maximum Gasteiger partial charge on any atom is 0.226 e. The molecule has 3 nitrogen and oxygen atoms in total. The highest BCUT2D eigenvalue weighted by molar-refractivity contribution is 7.80. The molecule has 0 aromatic rings. The fourth-order valence-corrected chi connectivity index (χ4v) is 2.66. The van der Waals surface area contributed by atoms with Crippen LogP contribution in [0.2, 0.25) is 0 Å². The molecule has 0 aromatic carbocycles. The fraction of sp³-hybridized carbons (Fsp3) is 0.857. The van der Waals surface area contributed by atoms with E-state index in [2.05, 4.69) is 20.8 Å². The minimum Gasteiger partial charge on any atom is -0.393 e. The Morgan fingerprint density at radius 3 is 2.28 bits per heavy atom. The lowest BCUT2D eigenvalue weighted by Crippen LogP contribution is -2.49. The van der Waals surface area contributed by atoms with Crippen molar-refractivity contribution in [1.29, 1.82) is 0 Å². The number of amides is 1. The zero-order valence-electron chi connectivity index (χ0n) is 11.9. The van der Waals surface area contributed by atoms with Gasteiger partial charge in [-0.3, -0.25) is 4.79 Å². The van der Waals surface area contributed by atoms with Crippen LogP contribution >= 0.6 is 12.2 Å². The summed E-state index contributed by atoms with van der Waals surface area (Å²) in [6.45, 7) is 6.88. The van der Waals surface area contributed by atoms with Gasteiger partial charge in [0.15, 0.2) is 0 Å². The van der Waals surface area contributed by atoms with Gasteiger partial charge in [-0.1, -0.05) is 31.5 Å². The molecule has 0 unspecified atom stereocenters. The molecule has 0 spiro atoms. The summed E-state index contributed by atoms with van der Waals surface area (Å²) >= 11 is 4.92. The Kier molecular flexibility index (Phi) is 5.57. The van der Waals surface area contributed by atoms with Gasteiger partial charge >= 0.3 is 0 Å². The average molecular weight is 270 g/mol. The summed E-state index contributed by atoms with van der Waals surface area (Å²) in [5.41, 5.74) is 5.40. The van der Waals surface area contributed by atoms with Crippen LogP contribution in [0.3, 0.4) is 0 Å². The van der Waals surface area contributed by atoms with Crippen LogP contribution in [0.4, 0.5) is 0 Å². The molecule has 1 aliphatic carbocycles. The molecule has 0 atom stereocenters. The molecule has 2 N–H and O–H groups in total. The Labute approximate surface area is 116 Å². The molecule has 0 aliphatic heterocycles. The molecule has 104 valence electrons. The molecule has 18 heavy (non-hydrogen) atoms. The number of rotatable bonds is 4. The van der Waals surface area contributed by atoms with Gasteiger partial charge in [-0.25, -0.2) is 0 Å². The number of hydrogen-bond acceptors (Lipinski definition) is 2. The van der Waals surface area contributed by atoms with Crippen LogP contribution in [0, 0.1) is 5.92 Å². The van der Waals surface area contributed by atoms with Crippen LogP contribution in [-0.4, -0.2) is 27.9 Å². The first kappa shape index (κ1) is 15.4. The van der Waals surface area contributed by atoms with E-state index in [0.717, 1.165) is 12.8 Å². The molecule has 1 aliphatic rings. The molecule has 1 rings (SSSR count). The molecule has 0 aromatic heterocycles. The van der Waals surface area contributed by atoms with E-state index in [0.29, 0.717) is 23.9 Å². The van der Waals surface area contributed by atoms with Gasteiger partial charge in [0.25, 0.3) is 0 Å². The van der Waals surface area contributed by atoms with Crippen LogP contribution in [0.15, 0.2) is 0 Å². The second kappa shape index (κ2) is 6.50. The number of hydrogen-bond donors (Lipinski definition) is 1. The summed E-state index contributed by atoms with van der Waals surface area (Å²) in [7, 11) is 0. The third-order valence-electron chi connectivity index (χ3n) is 3.61.